The lowest BCUT2D eigenvalue weighted by Crippen LogP contribution is -2.31. The van der Waals surface area contributed by atoms with Crippen molar-refractivity contribution in [2.45, 2.75) is 26.4 Å². The summed E-state index contributed by atoms with van der Waals surface area (Å²) in [6, 6.07) is 15.7. The van der Waals surface area contributed by atoms with Gasteiger partial charge in [-0.05, 0) is 37.6 Å². The van der Waals surface area contributed by atoms with Crippen molar-refractivity contribution in [3.05, 3.63) is 58.6 Å². The summed E-state index contributed by atoms with van der Waals surface area (Å²) in [5, 5.41) is 9.84. The van der Waals surface area contributed by atoms with Gasteiger partial charge in [0.25, 0.3) is 0 Å². The highest BCUT2D eigenvalue weighted by atomic mass is 35.5. The first-order valence-electron chi connectivity index (χ1n) is 6.83. The number of nitrogens with zero attached hydrogens (tertiary/aromatic N) is 2. The van der Waals surface area contributed by atoms with Crippen LogP contribution in [0.3, 0.4) is 0 Å². The molecule has 108 valence electrons. The third-order valence-electron chi connectivity index (χ3n) is 3.43. The normalized spacial score (nSPS) is 10.4. The lowest BCUT2D eigenvalue weighted by molar-refractivity contribution is 0.682. The fourth-order valence-electron chi connectivity index (χ4n) is 2.27. The molecular formula is C17H18ClN3. The van der Waals surface area contributed by atoms with Gasteiger partial charge >= 0.3 is 0 Å². The van der Waals surface area contributed by atoms with Crippen molar-refractivity contribution in [2.24, 2.45) is 0 Å². The molecule has 4 heteroatoms. The molecule has 0 aromatic heterocycles. The van der Waals surface area contributed by atoms with Gasteiger partial charge in [-0.1, -0.05) is 35.9 Å². The zero-order valence-corrected chi connectivity index (χ0v) is 12.9. The van der Waals surface area contributed by atoms with Crippen molar-refractivity contribution >= 4 is 23.0 Å². The average molecular weight is 300 g/mol. The monoisotopic (exact) mass is 299 g/mol. The summed E-state index contributed by atoms with van der Waals surface area (Å²) in [7, 11) is 0. The van der Waals surface area contributed by atoms with Crippen molar-refractivity contribution in [1.82, 2.24) is 0 Å². The van der Waals surface area contributed by atoms with Gasteiger partial charge in [0.2, 0.25) is 0 Å². The lowest BCUT2D eigenvalue weighted by atomic mass is 10.1. The number of hydrogen-bond donors (Lipinski definition) is 1. The second kappa shape index (κ2) is 6.51. The Balaban J connectivity index is 2.44. The molecule has 0 aliphatic heterocycles. The summed E-state index contributed by atoms with van der Waals surface area (Å²) in [6.45, 7) is 4.81. The summed E-state index contributed by atoms with van der Waals surface area (Å²) in [6.07, 6.45) is 0. The molecule has 0 amide bonds. The van der Waals surface area contributed by atoms with Crippen LogP contribution >= 0.6 is 11.6 Å². The molecule has 0 bridgehead atoms. The van der Waals surface area contributed by atoms with E-state index in [1.165, 1.54) is 0 Å². The highest BCUT2D eigenvalue weighted by molar-refractivity contribution is 6.32. The zero-order valence-electron chi connectivity index (χ0n) is 12.2. The molecule has 0 fully saturated rings. The Morgan fingerprint density at radius 1 is 1.19 bits per heavy atom. The van der Waals surface area contributed by atoms with E-state index >= 15 is 0 Å². The molecule has 0 spiro atoms. The Hall–Kier alpha value is -2.18. The van der Waals surface area contributed by atoms with E-state index in [4.69, 9.17) is 17.3 Å². The van der Waals surface area contributed by atoms with Gasteiger partial charge in [0.05, 0.1) is 16.3 Å². The zero-order chi connectivity index (χ0) is 15.4. The summed E-state index contributed by atoms with van der Waals surface area (Å²) < 4.78 is 0. The molecule has 0 heterocycles. The molecule has 0 atom stereocenters. The Morgan fingerprint density at radius 2 is 1.90 bits per heavy atom. The van der Waals surface area contributed by atoms with Crippen LogP contribution < -0.4 is 10.6 Å². The van der Waals surface area contributed by atoms with E-state index in [0.717, 1.165) is 16.9 Å². The number of nitrogen functional groups attached to an aromatic ring is 1. The summed E-state index contributed by atoms with van der Waals surface area (Å²) in [5.74, 6) is 0. The minimum absolute atomic E-state index is 0.218. The first-order valence-corrected chi connectivity index (χ1v) is 7.21. The van der Waals surface area contributed by atoms with E-state index in [9.17, 15) is 5.26 Å². The van der Waals surface area contributed by atoms with Crippen molar-refractivity contribution in [3.8, 4) is 6.07 Å². The maximum Gasteiger partial charge on any atom is 0.103 e. The number of anilines is 2. The maximum atomic E-state index is 9.36. The van der Waals surface area contributed by atoms with E-state index in [1.807, 2.05) is 36.4 Å². The van der Waals surface area contributed by atoms with Crippen molar-refractivity contribution in [3.63, 3.8) is 0 Å². The highest BCUT2D eigenvalue weighted by Gasteiger charge is 2.17. The molecule has 0 aliphatic rings. The summed E-state index contributed by atoms with van der Waals surface area (Å²) in [4.78, 5) is 2.14. The van der Waals surface area contributed by atoms with E-state index in [-0.39, 0.29) is 6.04 Å². The quantitative estimate of drug-likeness (QED) is 0.860. The molecule has 0 saturated heterocycles. The Bertz CT molecular complexity index is 674. The molecule has 0 radical (unpaired) electrons. The number of hydrogen-bond acceptors (Lipinski definition) is 3. The van der Waals surface area contributed by atoms with Gasteiger partial charge < -0.3 is 10.6 Å². The second-order valence-corrected chi connectivity index (χ2v) is 5.57. The largest absolute Gasteiger partial charge is 0.398 e. The van der Waals surface area contributed by atoms with Crippen molar-refractivity contribution in [2.75, 3.05) is 10.6 Å². The van der Waals surface area contributed by atoms with Crippen LogP contribution in [0.5, 0.6) is 0 Å². The van der Waals surface area contributed by atoms with Crippen LogP contribution in [0.1, 0.15) is 25.0 Å². The topological polar surface area (TPSA) is 53.0 Å². The van der Waals surface area contributed by atoms with E-state index in [2.05, 4.69) is 24.8 Å². The molecule has 0 saturated carbocycles. The van der Waals surface area contributed by atoms with Crippen LogP contribution in [-0.2, 0) is 6.54 Å². The third kappa shape index (κ3) is 3.29. The summed E-state index contributed by atoms with van der Waals surface area (Å²) in [5.41, 5.74) is 9.16. The van der Waals surface area contributed by atoms with Crippen LogP contribution in [0, 0.1) is 11.3 Å². The van der Waals surface area contributed by atoms with Crippen molar-refractivity contribution in [1.29, 1.82) is 5.26 Å². The molecule has 2 N–H and O–H groups in total. The smallest absolute Gasteiger partial charge is 0.103 e. The number of para-hydroxylation sites is 1. The standard InChI is InChI=1S/C17H18ClN3/c1-12(2)21(11-13-6-3-4-8-16(13)20)17-9-5-7-15(18)14(17)10-19/h3-9,12H,11,20H2,1-2H3. The maximum absolute atomic E-state index is 9.36. The van der Waals surface area contributed by atoms with Gasteiger partial charge in [-0.2, -0.15) is 5.26 Å². The number of nitrogens with two attached hydrogens (primary N) is 1. The summed E-state index contributed by atoms with van der Waals surface area (Å²) >= 11 is 6.14. The Morgan fingerprint density at radius 3 is 2.52 bits per heavy atom. The predicted molar refractivity (Wildman–Crippen MR) is 88.3 cm³/mol. The van der Waals surface area contributed by atoms with Gasteiger partial charge in [0, 0.05) is 18.3 Å². The number of rotatable bonds is 4. The molecule has 0 unspecified atom stereocenters. The van der Waals surface area contributed by atoms with Crippen LogP contribution in [0.15, 0.2) is 42.5 Å². The molecule has 2 rings (SSSR count). The van der Waals surface area contributed by atoms with Gasteiger partial charge in [0.15, 0.2) is 0 Å². The van der Waals surface area contributed by atoms with Gasteiger partial charge in [-0.25, -0.2) is 0 Å². The van der Waals surface area contributed by atoms with Gasteiger partial charge in [-0.15, -0.1) is 0 Å². The predicted octanol–water partition coefficient (Wildman–Crippen LogP) is 4.21. The number of halogens is 1. The fraction of sp³-hybridized carbons (Fsp3) is 0.235. The first kappa shape index (κ1) is 15.2. The SMILES string of the molecule is CC(C)N(Cc1ccccc1N)c1cccc(Cl)c1C#N. The van der Waals surface area contributed by atoms with Crippen LogP contribution in [0.4, 0.5) is 11.4 Å². The molecule has 2 aromatic rings. The second-order valence-electron chi connectivity index (χ2n) is 5.17. The molecule has 3 nitrogen and oxygen atoms in total. The van der Waals surface area contributed by atoms with Crippen LogP contribution in [0.2, 0.25) is 5.02 Å². The molecule has 2 aromatic carbocycles. The third-order valence-corrected chi connectivity index (χ3v) is 3.75. The number of nitriles is 1. The Labute approximate surface area is 130 Å². The van der Waals surface area contributed by atoms with Crippen molar-refractivity contribution < 1.29 is 0 Å². The first-order chi connectivity index (χ1) is 10.0. The highest BCUT2D eigenvalue weighted by Crippen LogP contribution is 2.30. The van der Waals surface area contributed by atoms with E-state index in [1.54, 1.807) is 6.07 Å². The lowest BCUT2D eigenvalue weighted by Gasteiger charge is -2.30. The Kier molecular flexibility index (Phi) is 4.72. The molecular weight excluding hydrogens is 282 g/mol. The fourth-order valence-corrected chi connectivity index (χ4v) is 2.48. The minimum Gasteiger partial charge on any atom is -0.398 e. The minimum atomic E-state index is 0.218. The van der Waals surface area contributed by atoms with Crippen LogP contribution in [0.25, 0.3) is 0 Å². The molecule has 21 heavy (non-hydrogen) atoms. The van der Waals surface area contributed by atoms with E-state index < -0.39 is 0 Å². The van der Waals surface area contributed by atoms with Gasteiger partial charge in [0.1, 0.15) is 6.07 Å². The average Bonchev–Trinajstić information content (AvgIpc) is 2.46. The van der Waals surface area contributed by atoms with Gasteiger partial charge in [-0.3, -0.25) is 0 Å². The molecule has 0 aliphatic carbocycles. The van der Waals surface area contributed by atoms with E-state index in [0.29, 0.717) is 17.1 Å². The van der Waals surface area contributed by atoms with Crippen LogP contribution in [-0.4, -0.2) is 6.04 Å². The number of benzene rings is 2.